The van der Waals surface area contributed by atoms with Gasteiger partial charge in [-0.3, -0.25) is 9.78 Å². The molecule has 0 aliphatic carbocycles. The van der Waals surface area contributed by atoms with Crippen molar-refractivity contribution in [2.75, 3.05) is 7.11 Å². The van der Waals surface area contributed by atoms with E-state index in [4.69, 9.17) is 4.74 Å². The number of alkyl halides is 1. The Bertz CT molecular complexity index is 557. The summed E-state index contributed by atoms with van der Waals surface area (Å²) in [5.74, 6) is 0.399. The first-order valence-electron chi connectivity index (χ1n) is 6.05. The lowest BCUT2D eigenvalue weighted by Crippen LogP contribution is -2.08. The summed E-state index contributed by atoms with van der Waals surface area (Å²) in [5.41, 5.74) is 1.69. The number of pyridine rings is 1. The molecule has 0 aliphatic rings. The highest BCUT2D eigenvalue weighted by Gasteiger charge is 2.17. The zero-order valence-electron chi connectivity index (χ0n) is 11.0. The summed E-state index contributed by atoms with van der Waals surface area (Å²) in [6, 6.07) is 13.0. The van der Waals surface area contributed by atoms with Crippen LogP contribution in [0.3, 0.4) is 0 Å². The maximum atomic E-state index is 11.4. The Morgan fingerprint density at radius 1 is 1.25 bits per heavy atom. The molecule has 0 spiro atoms. The predicted octanol–water partition coefficient (Wildman–Crippen LogP) is 3.27. The molecule has 5 heteroatoms. The van der Waals surface area contributed by atoms with Crippen LogP contribution >= 0.6 is 15.9 Å². The van der Waals surface area contributed by atoms with Crippen molar-refractivity contribution in [3.05, 3.63) is 59.9 Å². The molecular weight excluding hydrogens is 322 g/mol. The fourth-order valence-electron chi connectivity index (χ4n) is 1.61. The fourth-order valence-corrected chi connectivity index (χ4v) is 2.11. The molecule has 0 aliphatic heterocycles. The van der Waals surface area contributed by atoms with Gasteiger partial charge in [0.05, 0.1) is 12.8 Å². The number of carbonyl (C=O) groups is 1. The number of halogens is 1. The van der Waals surface area contributed by atoms with Gasteiger partial charge in [-0.1, -0.05) is 34.1 Å². The molecule has 20 heavy (non-hydrogen) atoms. The number of esters is 1. The maximum absolute atomic E-state index is 11.4. The van der Waals surface area contributed by atoms with Crippen LogP contribution < -0.4 is 4.74 Å². The van der Waals surface area contributed by atoms with Crippen LogP contribution in [0.1, 0.15) is 16.1 Å². The zero-order valence-corrected chi connectivity index (χ0v) is 12.5. The van der Waals surface area contributed by atoms with Gasteiger partial charge >= 0.3 is 5.97 Å². The minimum Gasteiger partial charge on any atom is -0.487 e. The van der Waals surface area contributed by atoms with E-state index in [-0.39, 0.29) is 5.97 Å². The van der Waals surface area contributed by atoms with E-state index in [2.05, 4.69) is 25.7 Å². The van der Waals surface area contributed by atoms with Gasteiger partial charge in [0.2, 0.25) is 0 Å². The second-order valence-electron chi connectivity index (χ2n) is 4.06. The topological polar surface area (TPSA) is 48.4 Å². The lowest BCUT2D eigenvalue weighted by atomic mass is 10.1. The summed E-state index contributed by atoms with van der Waals surface area (Å²) < 4.78 is 10.3. The van der Waals surface area contributed by atoms with Gasteiger partial charge in [0.15, 0.2) is 0 Å². The van der Waals surface area contributed by atoms with Crippen molar-refractivity contribution in [2.45, 2.75) is 11.4 Å². The highest BCUT2D eigenvalue weighted by atomic mass is 79.9. The maximum Gasteiger partial charge on any atom is 0.323 e. The number of nitrogens with zero attached hydrogens (tertiary/aromatic N) is 1. The molecule has 2 rings (SSSR count). The molecule has 0 saturated carbocycles. The number of benzene rings is 1. The van der Waals surface area contributed by atoms with E-state index in [1.165, 1.54) is 7.11 Å². The SMILES string of the molecule is COC(=O)C(Br)c1ccc(OCc2ccccn2)cc1. The van der Waals surface area contributed by atoms with Gasteiger partial charge in [-0.05, 0) is 29.8 Å². The van der Waals surface area contributed by atoms with Crippen molar-refractivity contribution >= 4 is 21.9 Å². The van der Waals surface area contributed by atoms with Crippen LogP contribution in [0.5, 0.6) is 5.75 Å². The van der Waals surface area contributed by atoms with Crippen LogP contribution in [-0.4, -0.2) is 18.1 Å². The molecule has 1 aromatic heterocycles. The molecule has 104 valence electrons. The Labute approximate surface area is 125 Å². The molecule has 4 nitrogen and oxygen atoms in total. The van der Waals surface area contributed by atoms with Gasteiger partial charge in [0.25, 0.3) is 0 Å². The predicted molar refractivity (Wildman–Crippen MR) is 78.7 cm³/mol. The third-order valence-electron chi connectivity index (χ3n) is 2.69. The van der Waals surface area contributed by atoms with Crippen LogP contribution in [0.4, 0.5) is 0 Å². The summed E-state index contributed by atoms with van der Waals surface area (Å²) in [6.45, 7) is 0.412. The summed E-state index contributed by atoms with van der Waals surface area (Å²) in [7, 11) is 1.36. The Hall–Kier alpha value is -1.88. The molecule has 1 unspecified atom stereocenters. The van der Waals surface area contributed by atoms with Crippen LogP contribution in [0.15, 0.2) is 48.7 Å². The van der Waals surface area contributed by atoms with Crippen molar-refractivity contribution in [1.82, 2.24) is 4.98 Å². The summed E-state index contributed by atoms with van der Waals surface area (Å²) in [4.78, 5) is 15.1. The van der Waals surface area contributed by atoms with Gasteiger partial charge in [-0.15, -0.1) is 0 Å². The smallest absolute Gasteiger partial charge is 0.323 e. The fraction of sp³-hybridized carbons (Fsp3) is 0.200. The van der Waals surface area contributed by atoms with E-state index in [0.29, 0.717) is 6.61 Å². The quantitative estimate of drug-likeness (QED) is 0.621. The monoisotopic (exact) mass is 335 g/mol. The first kappa shape index (κ1) is 14.5. The van der Waals surface area contributed by atoms with Crippen LogP contribution in [0, 0.1) is 0 Å². The second kappa shape index (κ2) is 7.05. The Kier molecular flexibility index (Phi) is 5.12. The molecule has 0 bridgehead atoms. The lowest BCUT2D eigenvalue weighted by Gasteiger charge is -2.09. The number of ether oxygens (including phenoxy) is 2. The Morgan fingerprint density at radius 2 is 2.00 bits per heavy atom. The van der Waals surface area contributed by atoms with Crippen molar-refractivity contribution < 1.29 is 14.3 Å². The number of aromatic nitrogens is 1. The lowest BCUT2D eigenvalue weighted by molar-refractivity contribution is -0.139. The molecule has 1 heterocycles. The number of carbonyl (C=O) groups excluding carboxylic acids is 1. The van der Waals surface area contributed by atoms with Crippen molar-refractivity contribution in [3.63, 3.8) is 0 Å². The molecule has 1 atom stereocenters. The van der Waals surface area contributed by atoms with E-state index in [0.717, 1.165) is 17.0 Å². The minimum absolute atomic E-state index is 0.327. The number of hydrogen-bond donors (Lipinski definition) is 0. The van der Waals surface area contributed by atoms with Crippen molar-refractivity contribution in [3.8, 4) is 5.75 Å². The zero-order chi connectivity index (χ0) is 14.4. The molecule has 0 amide bonds. The van der Waals surface area contributed by atoms with E-state index in [1.807, 2.05) is 42.5 Å². The molecule has 1 aromatic carbocycles. The van der Waals surface area contributed by atoms with Gasteiger partial charge in [-0.2, -0.15) is 0 Å². The van der Waals surface area contributed by atoms with Crippen molar-refractivity contribution in [2.24, 2.45) is 0 Å². The van der Waals surface area contributed by atoms with Crippen molar-refractivity contribution in [1.29, 1.82) is 0 Å². The molecular formula is C15H14BrNO3. The van der Waals surface area contributed by atoms with E-state index in [9.17, 15) is 4.79 Å². The van der Waals surface area contributed by atoms with Crippen LogP contribution in [-0.2, 0) is 16.1 Å². The average molecular weight is 336 g/mol. The molecule has 2 aromatic rings. The molecule has 0 fully saturated rings. The first-order chi connectivity index (χ1) is 9.70. The summed E-state index contributed by atoms with van der Waals surface area (Å²) >= 11 is 3.29. The van der Waals surface area contributed by atoms with E-state index in [1.54, 1.807) is 6.20 Å². The molecule has 0 saturated heterocycles. The Balaban J connectivity index is 1.96. The van der Waals surface area contributed by atoms with Gasteiger partial charge in [-0.25, -0.2) is 0 Å². The van der Waals surface area contributed by atoms with Gasteiger partial charge < -0.3 is 9.47 Å². The minimum atomic E-state index is -0.461. The van der Waals surface area contributed by atoms with Gasteiger partial charge in [0, 0.05) is 6.20 Å². The highest BCUT2D eigenvalue weighted by Crippen LogP contribution is 2.26. The Morgan fingerprint density at radius 3 is 2.60 bits per heavy atom. The summed E-state index contributed by atoms with van der Waals surface area (Å²) in [6.07, 6.45) is 1.73. The van der Waals surface area contributed by atoms with Crippen LogP contribution in [0.2, 0.25) is 0 Å². The third-order valence-corrected chi connectivity index (χ3v) is 3.60. The number of rotatable bonds is 5. The normalized spacial score (nSPS) is 11.7. The molecule has 0 N–H and O–H groups in total. The van der Waals surface area contributed by atoms with Crippen LogP contribution in [0.25, 0.3) is 0 Å². The van der Waals surface area contributed by atoms with E-state index >= 15 is 0 Å². The largest absolute Gasteiger partial charge is 0.487 e. The third kappa shape index (κ3) is 3.81. The second-order valence-corrected chi connectivity index (χ2v) is 4.98. The summed E-state index contributed by atoms with van der Waals surface area (Å²) in [5, 5.41) is 0. The number of methoxy groups -OCH3 is 1. The average Bonchev–Trinajstić information content (AvgIpc) is 2.53. The standard InChI is InChI=1S/C15H14BrNO3/c1-19-15(18)14(16)11-5-7-13(8-6-11)20-10-12-4-2-3-9-17-12/h2-9,14H,10H2,1H3. The molecule has 0 radical (unpaired) electrons. The van der Waals surface area contributed by atoms with Gasteiger partial charge in [0.1, 0.15) is 17.2 Å². The number of hydrogen-bond acceptors (Lipinski definition) is 4. The first-order valence-corrected chi connectivity index (χ1v) is 6.97. The highest BCUT2D eigenvalue weighted by molar-refractivity contribution is 9.09. The van der Waals surface area contributed by atoms with E-state index < -0.39 is 4.83 Å².